The van der Waals surface area contributed by atoms with E-state index in [4.69, 9.17) is 0 Å². The van der Waals surface area contributed by atoms with E-state index in [0.29, 0.717) is 17.1 Å². The third-order valence-electron chi connectivity index (χ3n) is 5.68. The Morgan fingerprint density at radius 2 is 2.16 bits per heavy atom. The van der Waals surface area contributed by atoms with Crippen molar-refractivity contribution in [2.75, 3.05) is 31.2 Å². The Balaban J connectivity index is 1.81. The van der Waals surface area contributed by atoms with E-state index in [1.54, 1.807) is 0 Å². The summed E-state index contributed by atoms with van der Waals surface area (Å²) < 4.78 is 24.3. The fourth-order valence-electron chi connectivity index (χ4n) is 4.12. The van der Waals surface area contributed by atoms with Gasteiger partial charge in [-0.05, 0) is 44.1 Å². The molecule has 2 N–H and O–H groups in total. The van der Waals surface area contributed by atoms with Crippen LogP contribution >= 0.6 is 0 Å². The first-order chi connectivity index (χ1) is 11.9. The van der Waals surface area contributed by atoms with Gasteiger partial charge in [-0.15, -0.1) is 0 Å². The molecule has 2 heterocycles. The number of aromatic nitrogens is 2. The van der Waals surface area contributed by atoms with Crippen molar-refractivity contribution >= 4 is 15.8 Å². The molecule has 0 spiro atoms. The predicted molar refractivity (Wildman–Crippen MR) is 99.7 cm³/mol. The Hall–Kier alpha value is -1.21. The minimum Gasteiger partial charge on any atom is -0.354 e. The molecule has 1 saturated heterocycles. The standard InChI is InChI=1S/C18H30N4O2S/c1-3-7-18(8-5-9-18)13-21-17-20-12-15(25(2,23)24)16(22-17)14-6-4-10-19-11-14/h12,14,19H,3-11,13H2,1-2H3,(H,20,21,22). The number of nitrogens with one attached hydrogen (secondary N) is 2. The summed E-state index contributed by atoms with van der Waals surface area (Å²) in [6.45, 7) is 4.87. The first-order valence-corrected chi connectivity index (χ1v) is 11.3. The second-order valence-corrected chi connectivity index (χ2v) is 9.70. The highest BCUT2D eigenvalue weighted by molar-refractivity contribution is 7.90. The van der Waals surface area contributed by atoms with Gasteiger partial charge >= 0.3 is 0 Å². The summed E-state index contributed by atoms with van der Waals surface area (Å²) in [7, 11) is -3.33. The highest BCUT2D eigenvalue weighted by Crippen LogP contribution is 2.44. The molecule has 0 amide bonds. The molecule has 2 aliphatic rings. The summed E-state index contributed by atoms with van der Waals surface area (Å²) in [6.07, 6.45) is 11.0. The van der Waals surface area contributed by atoms with E-state index in [-0.39, 0.29) is 10.8 Å². The minimum atomic E-state index is -3.33. The van der Waals surface area contributed by atoms with Gasteiger partial charge in [-0.2, -0.15) is 0 Å². The Bertz CT molecular complexity index is 695. The molecule has 1 atom stereocenters. The SMILES string of the molecule is CCCC1(CNc2ncc(S(C)(=O)=O)c(C3CCCNC3)n2)CCC1. The summed E-state index contributed by atoms with van der Waals surface area (Å²) in [5.74, 6) is 0.700. The van der Waals surface area contributed by atoms with Gasteiger partial charge in [0.2, 0.25) is 5.95 Å². The molecule has 1 aromatic rings. The highest BCUT2D eigenvalue weighted by atomic mass is 32.2. The minimum absolute atomic E-state index is 0.135. The van der Waals surface area contributed by atoms with Gasteiger partial charge in [0.05, 0.1) is 11.9 Å². The molecule has 1 aromatic heterocycles. The van der Waals surface area contributed by atoms with E-state index < -0.39 is 9.84 Å². The molecule has 140 valence electrons. The number of hydrogen-bond donors (Lipinski definition) is 2. The largest absolute Gasteiger partial charge is 0.354 e. The Morgan fingerprint density at radius 1 is 1.36 bits per heavy atom. The van der Waals surface area contributed by atoms with Crippen LogP contribution in [0, 0.1) is 5.41 Å². The lowest BCUT2D eigenvalue weighted by Crippen LogP contribution is -2.37. The summed E-state index contributed by atoms with van der Waals surface area (Å²) >= 11 is 0. The number of rotatable bonds is 7. The average Bonchev–Trinajstić information content (AvgIpc) is 2.57. The van der Waals surface area contributed by atoms with Crippen LogP contribution in [-0.2, 0) is 9.84 Å². The fraction of sp³-hybridized carbons (Fsp3) is 0.778. The van der Waals surface area contributed by atoms with Crippen molar-refractivity contribution in [3.05, 3.63) is 11.9 Å². The molecule has 0 aromatic carbocycles. The number of nitrogens with zero attached hydrogens (tertiary/aromatic N) is 2. The quantitative estimate of drug-likeness (QED) is 0.772. The van der Waals surface area contributed by atoms with Crippen LogP contribution in [0.2, 0.25) is 0 Å². The van der Waals surface area contributed by atoms with Crippen molar-refractivity contribution in [3.63, 3.8) is 0 Å². The van der Waals surface area contributed by atoms with Crippen LogP contribution in [-0.4, -0.2) is 44.3 Å². The van der Waals surface area contributed by atoms with E-state index in [0.717, 1.165) is 32.5 Å². The van der Waals surface area contributed by atoms with Gasteiger partial charge < -0.3 is 10.6 Å². The Kier molecular flexibility index (Phi) is 5.63. The van der Waals surface area contributed by atoms with Crippen molar-refractivity contribution in [3.8, 4) is 0 Å². The lowest BCUT2D eigenvalue weighted by Gasteiger charge is -2.42. The summed E-state index contributed by atoms with van der Waals surface area (Å²) in [5.41, 5.74) is 1.05. The first-order valence-electron chi connectivity index (χ1n) is 9.45. The Morgan fingerprint density at radius 3 is 2.72 bits per heavy atom. The van der Waals surface area contributed by atoms with Gasteiger partial charge in [-0.25, -0.2) is 18.4 Å². The van der Waals surface area contributed by atoms with Gasteiger partial charge in [0.25, 0.3) is 0 Å². The molecule has 1 saturated carbocycles. The van der Waals surface area contributed by atoms with E-state index >= 15 is 0 Å². The van der Waals surface area contributed by atoms with Crippen LogP contribution in [0.1, 0.15) is 63.5 Å². The lowest BCUT2D eigenvalue weighted by molar-refractivity contribution is 0.135. The zero-order chi connectivity index (χ0) is 17.9. The number of piperidine rings is 1. The fourth-order valence-corrected chi connectivity index (χ4v) is 4.96. The van der Waals surface area contributed by atoms with Crippen LogP contribution in [0.25, 0.3) is 0 Å². The molecule has 1 aliphatic heterocycles. The predicted octanol–water partition coefficient (Wildman–Crippen LogP) is 2.73. The lowest BCUT2D eigenvalue weighted by atomic mass is 9.66. The summed E-state index contributed by atoms with van der Waals surface area (Å²) in [4.78, 5) is 9.22. The average molecular weight is 367 g/mol. The maximum Gasteiger partial charge on any atom is 0.222 e. The van der Waals surface area contributed by atoms with Crippen molar-refractivity contribution in [1.29, 1.82) is 0 Å². The summed E-state index contributed by atoms with van der Waals surface area (Å²) in [6, 6.07) is 0. The third kappa shape index (κ3) is 4.31. The second kappa shape index (κ2) is 7.58. The molecular formula is C18H30N4O2S. The van der Waals surface area contributed by atoms with E-state index in [1.165, 1.54) is 44.6 Å². The van der Waals surface area contributed by atoms with Gasteiger partial charge in [0, 0.05) is 25.3 Å². The molecule has 3 rings (SSSR count). The third-order valence-corrected chi connectivity index (χ3v) is 6.80. The number of anilines is 1. The molecule has 6 nitrogen and oxygen atoms in total. The maximum atomic E-state index is 12.1. The van der Waals surface area contributed by atoms with Gasteiger partial charge in [-0.1, -0.05) is 19.8 Å². The topological polar surface area (TPSA) is 84.0 Å². The van der Waals surface area contributed by atoms with Crippen LogP contribution in [0.4, 0.5) is 5.95 Å². The Labute approximate surface area is 151 Å². The van der Waals surface area contributed by atoms with Crippen molar-refractivity contribution in [2.24, 2.45) is 5.41 Å². The summed E-state index contributed by atoms with van der Waals surface area (Å²) in [5, 5.41) is 6.74. The highest BCUT2D eigenvalue weighted by Gasteiger charge is 2.36. The smallest absolute Gasteiger partial charge is 0.222 e. The van der Waals surface area contributed by atoms with Gasteiger partial charge in [0.15, 0.2) is 9.84 Å². The van der Waals surface area contributed by atoms with Crippen molar-refractivity contribution in [1.82, 2.24) is 15.3 Å². The van der Waals surface area contributed by atoms with Crippen molar-refractivity contribution in [2.45, 2.75) is 62.7 Å². The molecule has 2 fully saturated rings. The zero-order valence-corrected chi connectivity index (χ0v) is 16.2. The van der Waals surface area contributed by atoms with Gasteiger partial charge in [0.1, 0.15) is 4.90 Å². The normalized spacial score (nSPS) is 23.0. The first kappa shape index (κ1) is 18.6. The van der Waals surface area contributed by atoms with Crippen LogP contribution in [0.3, 0.4) is 0 Å². The van der Waals surface area contributed by atoms with E-state index in [1.807, 2.05) is 0 Å². The van der Waals surface area contributed by atoms with Gasteiger partial charge in [-0.3, -0.25) is 0 Å². The maximum absolute atomic E-state index is 12.1. The molecule has 0 bridgehead atoms. The number of sulfone groups is 1. The molecule has 25 heavy (non-hydrogen) atoms. The van der Waals surface area contributed by atoms with Crippen LogP contribution in [0.5, 0.6) is 0 Å². The van der Waals surface area contributed by atoms with Crippen LogP contribution in [0.15, 0.2) is 11.1 Å². The molecule has 1 aliphatic carbocycles. The molecule has 0 radical (unpaired) electrons. The van der Waals surface area contributed by atoms with E-state index in [2.05, 4.69) is 27.5 Å². The molecule has 1 unspecified atom stereocenters. The van der Waals surface area contributed by atoms with E-state index in [9.17, 15) is 8.42 Å². The molecule has 7 heteroatoms. The second-order valence-electron chi connectivity index (χ2n) is 7.72. The molecular weight excluding hydrogens is 336 g/mol. The van der Waals surface area contributed by atoms with Crippen molar-refractivity contribution < 1.29 is 8.42 Å². The monoisotopic (exact) mass is 366 g/mol. The van der Waals surface area contributed by atoms with Crippen LogP contribution < -0.4 is 10.6 Å². The zero-order valence-electron chi connectivity index (χ0n) is 15.3. The number of hydrogen-bond acceptors (Lipinski definition) is 6.